The Morgan fingerprint density at radius 1 is 1.25 bits per heavy atom. The Bertz CT molecular complexity index is 965. The number of thiazole rings is 1. The first kappa shape index (κ1) is 18.8. The van der Waals surface area contributed by atoms with Crippen molar-refractivity contribution in [1.82, 2.24) is 14.9 Å². The second-order valence-corrected chi connectivity index (χ2v) is 8.49. The fourth-order valence-corrected chi connectivity index (χ4v) is 4.43. The highest BCUT2D eigenvalue weighted by Crippen LogP contribution is 2.26. The molecule has 0 N–H and O–H groups in total. The summed E-state index contributed by atoms with van der Waals surface area (Å²) in [6, 6.07) is 10.7. The van der Waals surface area contributed by atoms with Crippen molar-refractivity contribution in [2.75, 3.05) is 6.54 Å². The quantitative estimate of drug-likeness (QED) is 0.625. The molecule has 0 spiro atoms. The monoisotopic (exact) mass is 391 g/mol. The molecule has 4 rings (SSSR count). The van der Waals surface area contributed by atoms with Gasteiger partial charge in [0.05, 0.1) is 5.69 Å². The van der Waals surface area contributed by atoms with E-state index in [1.54, 1.807) is 17.5 Å². The Hall–Kier alpha value is -2.53. The minimum absolute atomic E-state index is 0.219. The minimum Gasteiger partial charge on any atom is -0.338 e. The second-order valence-electron chi connectivity index (χ2n) is 7.63. The zero-order valence-corrected chi connectivity index (χ0v) is 17.2. The van der Waals surface area contributed by atoms with Gasteiger partial charge in [0.25, 0.3) is 0 Å². The molecule has 5 heteroatoms. The van der Waals surface area contributed by atoms with Gasteiger partial charge in [-0.3, -0.25) is 9.78 Å². The molecule has 1 aliphatic rings. The Morgan fingerprint density at radius 3 is 2.93 bits per heavy atom. The van der Waals surface area contributed by atoms with Gasteiger partial charge in [-0.05, 0) is 47.6 Å². The van der Waals surface area contributed by atoms with E-state index in [9.17, 15) is 4.79 Å². The molecular weight excluding hydrogens is 366 g/mol. The molecule has 0 aliphatic carbocycles. The van der Waals surface area contributed by atoms with Gasteiger partial charge in [0.2, 0.25) is 5.91 Å². The van der Waals surface area contributed by atoms with Crippen LogP contribution in [0.25, 0.3) is 10.6 Å². The van der Waals surface area contributed by atoms with Gasteiger partial charge in [-0.2, -0.15) is 0 Å². The Morgan fingerprint density at radius 2 is 2.14 bits per heavy atom. The number of amides is 1. The lowest BCUT2D eigenvalue weighted by molar-refractivity contribution is -0.132. The first-order valence-corrected chi connectivity index (χ1v) is 10.7. The fourth-order valence-electron chi connectivity index (χ4n) is 3.59. The summed E-state index contributed by atoms with van der Waals surface area (Å²) in [5.74, 6) is 0.728. The first-order valence-electron chi connectivity index (χ1n) is 9.84. The highest BCUT2D eigenvalue weighted by molar-refractivity contribution is 7.13. The van der Waals surface area contributed by atoms with Gasteiger partial charge in [-0.25, -0.2) is 4.98 Å². The van der Waals surface area contributed by atoms with E-state index in [1.807, 2.05) is 23.2 Å². The number of rotatable bonds is 5. The molecule has 4 nitrogen and oxygen atoms in total. The molecule has 0 atom stereocenters. The molecule has 0 saturated carbocycles. The van der Waals surface area contributed by atoms with E-state index in [2.05, 4.69) is 47.4 Å². The molecule has 0 saturated heterocycles. The lowest BCUT2D eigenvalue weighted by Gasteiger charge is -2.29. The summed E-state index contributed by atoms with van der Waals surface area (Å²) in [5, 5.41) is 3.01. The topological polar surface area (TPSA) is 46.1 Å². The van der Waals surface area contributed by atoms with E-state index in [0.29, 0.717) is 18.8 Å². The zero-order chi connectivity index (χ0) is 19.5. The number of hydrogen-bond donors (Lipinski definition) is 0. The van der Waals surface area contributed by atoms with Gasteiger partial charge in [0.15, 0.2) is 0 Å². The molecule has 28 heavy (non-hydrogen) atoms. The molecule has 0 bridgehead atoms. The van der Waals surface area contributed by atoms with Crippen LogP contribution >= 0.6 is 11.3 Å². The van der Waals surface area contributed by atoms with Gasteiger partial charge >= 0.3 is 0 Å². The minimum atomic E-state index is 0.219. The van der Waals surface area contributed by atoms with Crippen molar-refractivity contribution in [3.8, 4) is 10.6 Å². The number of benzene rings is 1. The summed E-state index contributed by atoms with van der Waals surface area (Å²) < 4.78 is 0. The van der Waals surface area contributed by atoms with Crippen molar-refractivity contribution in [3.63, 3.8) is 0 Å². The lowest BCUT2D eigenvalue weighted by atomic mass is 9.93. The number of aryl methyl sites for hydroxylation is 1. The number of hydrogen-bond acceptors (Lipinski definition) is 4. The molecule has 2 aromatic heterocycles. The molecule has 0 fully saturated rings. The average molecular weight is 392 g/mol. The normalized spacial score (nSPS) is 13.6. The Kier molecular flexibility index (Phi) is 5.53. The number of nitrogens with zero attached hydrogens (tertiary/aromatic N) is 3. The summed E-state index contributed by atoms with van der Waals surface area (Å²) in [7, 11) is 0. The molecule has 0 unspecified atom stereocenters. The summed E-state index contributed by atoms with van der Waals surface area (Å²) in [6.45, 7) is 5.96. The van der Waals surface area contributed by atoms with Gasteiger partial charge in [-0.1, -0.05) is 32.0 Å². The fraction of sp³-hybridized carbons (Fsp3) is 0.348. The van der Waals surface area contributed by atoms with Crippen molar-refractivity contribution >= 4 is 17.2 Å². The van der Waals surface area contributed by atoms with Crippen molar-refractivity contribution in [1.29, 1.82) is 0 Å². The van der Waals surface area contributed by atoms with Gasteiger partial charge in [0, 0.05) is 42.8 Å². The Labute approximate surface area is 170 Å². The summed E-state index contributed by atoms with van der Waals surface area (Å²) >= 11 is 1.61. The molecule has 3 heterocycles. The number of carbonyl (C=O) groups excluding carboxylic acids is 1. The third kappa shape index (κ3) is 4.14. The highest BCUT2D eigenvalue weighted by atomic mass is 32.1. The van der Waals surface area contributed by atoms with Crippen LogP contribution in [-0.4, -0.2) is 27.3 Å². The maximum atomic E-state index is 12.8. The van der Waals surface area contributed by atoms with Gasteiger partial charge in [-0.15, -0.1) is 11.3 Å². The van der Waals surface area contributed by atoms with E-state index in [4.69, 9.17) is 0 Å². The summed E-state index contributed by atoms with van der Waals surface area (Å²) in [4.78, 5) is 23.6. The molecule has 0 radical (unpaired) electrons. The smallest absolute Gasteiger partial charge is 0.223 e. The molecular formula is C23H25N3OS. The number of pyridine rings is 1. The second kappa shape index (κ2) is 8.23. The summed E-state index contributed by atoms with van der Waals surface area (Å²) in [5.41, 5.74) is 6.04. The number of carbonyl (C=O) groups is 1. The maximum absolute atomic E-state index is 12.8. The van der Waals surface area contributed by atoms with Crippen LogP contribution in [0.2, 0.25) is 0 Å². The van der Waals surface area contributed by atoms with Crippen LogP contribution in [0.5, 0.6) is 0 Å². The van der Waals surface area contributed by atoms with Crippen molar-refractivity contribution in [2.45, 2.75) is 45.6 Å². The van der Waals surface area contributed by atoms with Crippen LogP contribution in [0, 0.1) is 0 Å². The summed E-state index contributed by atoms with van der Waals surface area (Å²) in [6.07, 6.45) is 5.73. The van der Waals surface area contributed by atoms with Crippen LogP contribution in [-0.2, 0) is 24.2 Å². The van der Waals surface area contributed by atoms with E-state index < -0.39 is 0 Å². The van der Waals surface area contributed by atoms with E-state index >= 15 is 0 Å². The third-order valence-electron chi connectivity index (χ3n) is 5.32. The molecule has 1 aromatic carbocycles. The molecule has 144 valence electrons. The largest absolute Gasteiger partial charge is 0.338 e. The third-order valence-corrected chi connectivity index (χ3v) is 6.26. The van der Waals surface area contributed by atoms with Crippen LogP contribution in [0.15, 0.2) is 48.1 Å². The van der Waals surface area contributed by atoms with Crippen molar-refractivity contribution in [3.05, 3.63) is 70.5 Å². The standard InChI is InChI=1S/C23H25N3OS/c1-16(2)18-6-5-17-9-11-26(14-20(17)12-18)22(27)8-7-21-15-28-23(25-21)19-4-3-10-24-13-19/h3-6,10,12-13,15-16H,7-9,11,14H2,1-2H3. The number of fused-ring (bicyclic) bond motifs is 1. The van der Waals surface area contributed by atoms with Crippen LogP contribution in [0.1, 0.15) is 48.6 Å². The van der Waals surface area contributed by atoms with Crippen LogP contribution in [0.4, 0.5) is 0 Å². The van der Waals surface area contributed by atoms with Crippen molar-refractivity contribution < 1.29 is 4.79 Å². The zero-order valence-electron chi connectivity index (χ0n) is 16.4. The van der Waals surface area contributed by atoms with Gasteiger partial charge < -0.3 is 4.90 Å². The van der Waals surface area contributed by atoms with Crippen molar-refractivity contribution in [2.24, 2.45) is 0 Å². The van der Waals surface area contributed by atoms with Crippen LogP contribution < -0.4 is 0 Å². The van der Waals surface area contributed by atoms with E-state index in [1.165, 1.54) is 16.7 Å². The number of aromatic nitrogens is 2. The van der Waals surface area contributed by atoms with E-state index in [-0.39, 0.29) is 5.91 Å². The predicted molar refractivity (Wildman–Crippen MR) is 113 cm³/mol. The maximum Gasteiger partial charge on any atom is 0.223 e. The van der Waals surface area contributed by atoms with Gasteiger partial charge in [0.1, 0.15) is 5.01 Å². The molecule has 1 aliphatic heterocycles. The predicted octanol–water partition coefficient (Wildman–Crippen LogP) is 4.85. The SMILES string of the molecule is CC(C)c1ccc2c(c1)CN(C(=O)CCc1csc(-c3cccnc3)n1)CC2. The van der Waals surface area contributed by atoms with E-state index in [0.717, 1.165) is 35.8 Å². The Balaban J connectivity index is 1.37. The molecule has 1 amide bonds. The first-order chi connectivity index (χ1) is 13.6. The highest BCUT2D eigenvalue weighted by Gasteiger charge is 2.21. The molecule has 3 aromatic rings. The van der Waals surface area contributed by atoms with Crippen LogP contribution in [0.3, 0.4) is 0 Å². The average Bonchev–Trinajstić information content (AvgIpc) is 3.21. The lowest BCUT2D eigenvalue weighted by Crippen LogP contribution is -2.36.